The molecule has 0 bridgehead atoms. The average molecular weight is 494 g/mol. The molecule has 0 radical (unpaired) electrons. The molecule has 0 saturated heterocycles. The van der Waals surface area contributed by atoms with E-state index < -0.39 is 11.9 Å². The fourth-order valence-corrected chi connectivity index (χ4v) is 3.51. The summed E-state index contributed by atoms with van der Waals surface area (Å²) in [5.41, 5.74) is 5.26. The number of carbonyl (C=O) groups is 1. The van der Waals surface area contributed by atoms with Crippen molar-refractivity contribution in [2.45, 2.75) is 65.8 Å². The van der Waals surface area contributed by atoms with Crippen molar-refractivity contribution < 1.29 is 19.0 Å². The van der Waals surface area contributed by atoms with E-state index in [9.17, 15) is 14.3 Å². The van der Waals surface area contributed by atoms with Gasteiger partial charge in [0.15, 0.2) is 0 Å². The van der Waals surface area contributed by atoms with Crippen LogP contribution in [0.25, 0.3) is 11.1 Å². The lowest BCUT2D eigenvalue weighted by molar-refractivity contribution is -0.141. The van der Waals surface area contributed by atoms with Crippen LogP contribution in [-0.4, -0.2) is 18.2 Å². The van der Waals surface area contributed by atoms with Crippen LogP contribution in [-0.2, 0) is 4.79 Å². The number of carboxylic acid groups (broad SMARTS) is 1. The molecule has 1 saturated carbocycles. The first-order chi connectivity index (χ1) is 17.2. The molecule has 0 amide bonds. The van der Waals surface area contributed by atoms with Gasteiger partial charge in [-0.05, 0) is 67.7 Å². The highest BCUT2D eigenvalue weighted by Crippen LogP contribution is 2.29. The monoisotopic (exact) mass is 493 g/mol. The van der Waals surface area contributed by atoms with E-state index in [0.717, 1.165) is 34.4 Å². The molecule has 1 fully saturated rings. The number of benzene rings is 2. The molecular weight excluding hydrogens is 453 g/mol. The maximum absolute atomic E-state index is 14.3. The molecule has 0 spiro atoms. The normalized spacial score (nSPS) is 14.0. The molecule has 0 heterocycles. The number of rotatable bonds is 11. The van der Waals surface area contributed by atoms with E-state index in [1.165, 1.54) is 25.3 Å². The smallest absolute Gasteiger partial charge is 0.306 e. The number of methoxy groups -OCH3 is 1. The Morgan fingerprint density at radius 1 is 1.17 bits per heavy atom. The third kappa shape index (κ3) is 9.03. The first-order valence-electron chi connectivity index (χ1n) is 12.6. The second-order valence-electron chi connectivity index (χ2n) is 9.41. The molecule has 2 N–H and O–H groups in total. The zero-order valence-electron chi connectivity index (χ0n) is 22.2. The predicted octanol–water partition coefficient (Wildman–Crippen LogP) is 8.23. The highest BCUT2D eigenvalue weighted by Gasteiger charge is 2.15. The van der Waals surface area contributed by atoms with Crippen molar-refractivity contribution in [3.63, 3.8) is 0 Å². The summed E-state index contributed by atoms with van der Waals surface area (Å²) < 4.78 is 19.6. The lowest BCUT2D eigenvalue weighted by atomic mass is 9.97. The molecule has 2 atom stereocenters. The third-order valence-corrected chi connectivity index (χ3v) is 5.98. The topological polar surface area (TPSA) is 58.6 Å². The molecule has 1 aliphatic rings. The summed E-state index contributed by atoms with van der Waals surface area (Å²) in [6, 6.07) is 12.6. The van der Waals surface area contributed by atoms with Crippen LogP contribution in [0.5, 0.6) is 5.75 Å². The summed E-state index contributed by atoms with van der Waals surface area (Å²) in [6.45, 7) is 11.7. The molecule has 3 rings (SSSR count). The van der Waals surface area contributed by atoms with Crippen molar-refractivity contribution in [1.82, 2.24) is 5.32 Å². The maximum Gasteiger partial charge on any atom is 0.306 e. The van der Waals surface area contributed by atoms with Crippen molar-refractivity contribution in [2.75, 3.05) is 7.11 Å². The summed E-state index contributed by atoms with van der Waals surface area (Å²) in [5.74, 6) is -0.996. The summed E-state index contributed by atoms with van der Waals surface area (Å²) in [4.78, 5) is 11.2. The van der Waals surface area contributed by atoms with Crippen molar-refractivity contribution >= 4 is 5.97 Å². The average Bonchev–Trinajstić information content (AvgIpc) is 3.76. The molecule has 194 valence electrons. The van der Waals surface area contributed by atoms with Crippen molar-refractivity contribution in [1.29, 1.82) is 0 Å². The van der Waals surface area contributed by atoms with Crippen LogP contribution in [0, 0.1) is 11.7 Å². The number of ether oxygens (including phenoxy) is 1. The summed E-state index contributed by atoms with van der Waals surface area (Å²) in [5, 5.41) is 12.8. The van der Waals surface area contributed by atoms with E-state index in [4.69, 9.17) is 4.74 Å². The van der Waals surface area contributed by atoms with Gasteiger partial charge in [-0.2, -0.15) is 0 Å². The second-order valence-corrected chi connectivity index (χ2v) is 9.41. The van der Waals surface area contributed by atoms with Gasteiger partial charge >= 0.3 is 5.97 Å². The Labute approximate surface area is 215 Å². The van der Waals surface area contributed by atoms with Gasteiger partial charge in [0.1, 0.15) is 11.6 Å². The molecule has 2 unspecified atom stereocenters. The van der Waals surface area contributed by atoms with Crippen LogP contribution in [0.3, 0.4) is 0 Å². The number of hydrogen-bond donors (Lipinski definition) is 2. The Hall–Kier alpha value is -3.34. The van der Waals surface area contributed by atoms with Crippen LogP contribution in [0.4, 0.5) is 4.39 Å². The fraction of sp³-hybridized carbons (Fsp3) is 0.387. The van der Waals surface area contributed by atoms with Gasteiger partial charge in [-0.1, -0.05) is 75.6 Å². The summed E-state index contributed by atoms with van der Waals surface area (Å²) >= 11 is 0. The minimum absolute atomic E-state index is 0.0401. The lowest BCUT2D eigenvalue weighted by Gasteiger charge is -2.22. The van der Waals surface area contributed by atoms with E-state index >= 15 is 0 Å². The number of allylic oxidation sites excluding steroid dienone is 4. The molecule has 2 aromatic carbocycles. The fourth-order valence-electron chi connectivity index (χ4n) is 3.51. The molecule has 4 nitrogen and oxygen atoms in total. The van der Waals surface area contributed by atoms with Crippen LogP contribution < -0.4 is 10.1 Å². The first kappa shape index (κ1) is 28.9. The van der Waals surface area contributed by atoms with Crippen LogP contribution in [0.2, 0.25) is 0 Å². The van der Waals surface area contributed by atoms with E-state index in [0.29, 0.717) is 17.7 Å². The number of nitrogens with one attached hydrogen (secondary N) is 1. The molecule has 5 heteroatoms. The Kier molecular flexibility index (Phi) is 11.5. The van der Waals surface area contributed by atoms with E-state index in [2.05, 4.69) is 18.8 Å². The van der Waals surface area contributed by atoms with Crippen molar-refractivity contribution in [3.8, 4) is 16.9 Å². The van der Waals surface area contributed by atoms with Crippen LogP contribution in [0.1, 0.15) is 71.4 Å². The zero-order valence-corrected chi connectivity index (χ0v) is 22.2. The van der Waals surface area contributed by atoms with E-state index in [1.807, 2.05) is 44.2 Å². The Bertz CT molecular complexity index is 1080. The highest BCUT2D eigenvalue weighted by molar-refractivity contribution is 5.70. The van der Waals surface area contributed by atoms with Crippen molar-refractivity contribution in [2.24, 2.45) is 5.92 Å². The first-order valence-corrected chi connectivity index (χ1v) is 12.6. The van der Waals surface area contributed by atoms with Crippen molar-refractivity contribution in [3.05, 3.63) is 89.4 Å². The van der Waals surface area contributed by atoms with Gasteiger partial charge in [-0.25, -0.2) is 4.39 Å². The Balaban J connectivity index is 0.00000141. The van der Waals surface area contributed by atoms with Crippen LogP contribution >= 0.6 is 0 Å². The lowest BCUT2D eigenvalue weighted by Crippen LogP contribution is -2.20. The molecule has 0 aromatic heterocycles. The second kappa shape index (κ2) is 14.3. The quantitative estimate of drug-likeness (QED) is 0.310. The minimum Gasteiger partial charge on any atom is -0.497 e. The molecule has 1 aliphatic carbocycles. The predicted molar refractivity (Wildman–Crippen MR) is 146 cm³/mol. The van der Waals surface area contributed by atoms with E-state index in [1.54, 1.807) is 32.2 Å². The molecule has 0 aliphatic heterocycles. The minimum atomic E-state index is -0.826. The maximum atomic E-state index is 14.3. The number of carboxylic acids is 1. The standard InChI is InChI=1S/C28H34FNO3.C3H6/c1-7-20(15-19(5)28(31)32)16-27(18(3)4)30-26(8-2)22-11-9-21(10-12-22)24-17-23(33-6)13-14-25(24)29;1-2-3-1/h7,9-14,16-17,19,26,30H,1,8,15H2,2-6H3,(H,31,32);1-3H2/b20-16+;. The van der Waals surface area contributed by atoms with Gasteiger partial charge in [0.2, 0.25) is 0 Å². The highest BCUT2D eigenvalue weighted by atomic mass is 19.1. The van der Waals surface area contributed by atoms with Gasteiger partial charge in [-0.3, -0.25) is 4.79 Å². The summed E-state index contributed by atoms with van der Waals surface area (Å²) in [6.07, 6.45) is 9.44. The third-order valence-electron chi connectivity index (χ3n) is 5.98. The van der Waals surface area contributed by atoms with Gasteiger partial charge in [0, 0.05) is 11.3 Å². The Morgan fingerprint density at radius 2 is 1.81 bits per heavy atom. The SMILES string of the molecule is C1CC1.C=C/C(=C\C(NC(CC)c1ccc(-c2cc(OC)ccc2F)cc1)=C(C)C)CC(C)C(=O)O. The number of halogens is 1. The summed E-state index contributed by atoms with van der Waals surface area (Å²) in [7, 11) is 1.56. The van der Waals surface area contributed by atoms with Gasteiger partial charge < -0.3 is 15.2 Å². The zero-order chi connectivity index (χ0) is 26.7. The number of aliphatic carboxylic acids is 1. The Morgan fingerprint density at radius 3 is 2.28 bits per heavy atom. The van der Waals surface area contributed by atoms with Crippen LogP contribution in [0.15, 0.2) is 78.0 Å². The van der Waals surface area contributed by atoms with E-state index in [-0.39, 0.29) is 11.9 Å². The molecular formula is C31H40FNO3. The largest absolute Gasteiger partial charge is 0.497 e. The molecule has 36 heavy (non-hydrogen) atoms. The van der Waals surface area contributed by atoms with Gasteiger partial charge in [0.05, 0.1) is 19.1 Å². The van der Waals surface area contributed by atoms with Gasteiger partial charge in [-0.15, -0.1) is 0 Å². The van der Waals surface area contributed by atoms with Gasteiger partial charge in [0.25, 0.3) is 0 Å². The molecule has 2 aromatic rings. The number of hydrogen-bond acceptors (Lipinski definition) is 3.